The van der Waals surface area contributed by atoms with Gasteiger partial charge in [-0.25, -0.2) is 9.59 Å². The molecular formula is C14H19Cl2N3O3. The number of unbranched alkanes of at least 4 members (excludes halogenated alkanes) is 1. The van der Waals surface area contributed by atoms with Crippen LogP contribution in [0.5, 0.6) is 0 Å². The summed E-state index contributed by atoms with van der Waals surface area (Å²) in [6.45, 7) is 2.30. The van der Waals surface area contributed by atoms with E-state index in [0.717, 1.165) is 6.42 Å². The summed E-state index contributed by atoms with van der Waals surface area (Å²) in [5.74, 6) is 0. The maximum atomic E-state index is 11.6. The highest BCUT2D eigenvalue weighted by atomic mass is 35.5. The molecule has 0 spiro atoms. The largest absolute Gasteiger partial charge is 0.465 e. The van der Waals surface area contributed by atoms with Crippen molar-refractivity contribution in [3.63, 3.8) is 0 Å². The average Bonchev–Trinajstić information content (AvgIpc) is 2.45. The third-order valence-corrected chi connectivity index (χ3v) is 4.02. The summed E-state index contributed by atoms with van der Waals surface area (Å²) in [5.41, 5.74) is 5.62. The molecule has 0 aliphatic rings. The van der Waals surface area contributed by atoms with Crippen LogP contribution in [-0.2, 0) is 0 Å². The van der Waals surface area contributed by atoms with Gasteiger partial charge < -0.3 is 16.2 Å². The average molecular weight is 348 g/mol. The van der Waals surface area contributed by atoms with Gasteiger partial charge in [-0.3, -0.25) is 4.90 Å². The van der Waals surface area contributed by atoms with Gasteiger partial charge in [0.2, 0.25) is 0 Å². The molecule has 1 atom stereocenters. The molecule has 0 saturated carbocycles. The Morgan fingerprint density at radius 3 is 2.64 bits per heavy atom. The number of benzene rings is 1. The van der Waals surface area contributed by atoms with E-state index in [0.29, 0.717) is 23.6 Å². The third-order valence-electron chi connectivity index (χ3n) is 3.18. The van der Waals surface area contributed by atoms with Gasteiger partial charge in [-0.05, 0) is 18.1 Å². The number of primary amides is 1. The molecule has 0 bridgehead atoms. The summed E-state index contributed by atoms with van der Waals surface area (Å²) < 4.78 is 0. The van der Waals surface area contributed by atoms with Crippen LogP contribution in [0, 0.1) is 0 Å². The van der Waals surface area contributed by atoms with Crippen molar-refractivity contribution >= 4 is 35.3 Å². The fourth-order valence-electron chi connectivity index (χ4n) is 2.08. The highest BCUT2D eigenvalue weighted by Gasteiger charge is 2.27. The van der Waals surface area contributed by atoms with Crippen LogP contribution in [0.15, 0.2) is 18.2 Å². The molecule has 0 aliphatic carbocycles. The molecule has 0 radical (unpaired) electrons. The van der Waals surface area contributed by atoms with E-state index in [1.165, 1.54) is 4.90 Å². The van der Waals surface area contributed by atoms with Crippen LogP contribution in [0.4, 0.5) is 9.59 Å². The predicted molar refractivity (Wildman–Crippen MR) is 86.4 cm³/mol. The number of carboxylic acid groups (broad SMARTS) is 1. The lowest BCUT2D eigenvalue weighted by atomic mass is 10.0. The Kier molecular flexibility index (Phi) is 7.27. The molecule has 0 heterocycles. The molecule has 122 valence electrons. The molecule has 8 heteroatoms. The minimum Gasteiger partial charge on any atom is -0.465 e. The second kappa shape index (κ2) is 8.70. The molecule has 0 fully saturated rings. The number of halogens is 2. The lowest BCUT2D eigenvalue weighted by Crippen LogP contribution is -2.42. The lowest BCUT2D eigenvalue weighted by Gasteiger charge is -2.30. The molecule has 1 aromatic carbocycles. The maximum absolute atomic E-state index is 11.6. The molecular weight excluding hydrogens is 329 g/mol. The highest BCUT2D eigenvalue weighted by molar-refractivity contribution is 6.42. The molecule has 0 aromatic heterocycles. The smallest absolute Gasteiger partial charge is 0.407 e. The third kappa shape index (κ3) is 4.96. The van der Waals surface area contributed by atoms with Gasteiger partial charge in [0.15, 0.2) is 0 Å². The molecule has 0 saturated heterocycles. The van der Waals surface area contributed by atoms with Crippen LogP contribution >= 0.6 is 23.2 Å². The first-order valence-corrected chi connectivity index (χ1v) is 7.60. The molecule has 0 aliphatic heterocycles. The summed E-state index contributed by atoms with van der Waals surface area (Å²) in [7, 11) is 0. The van der Waals surface area contributed by atoms with E-state index in [1.54, 1.807) is 18.2 Å². The first-order chi connectivity index (χ1) is 10.4. The molecule has 6 nitrogen and oxygen atoms in total. The molecule has 1 unspecified atom stereocenters. The number of urea groups is 1. The Bertz CT molecular complexity index is 540. The van der Waals surface area contributed by atoms with Gasteiger partial charge in [0, 0.05) is 13.1 Å². The summed E-state index contributed by atoms with van der Waals surface area (Å²) in [6.07, 6.45) is 0.432. The number of hydrogen-bond acceptors (Lipinski definition) is 2. The van der Waals surface area contributed by atoms with Crippen molar-refractivity contribution in [3.05, 3.63) is 33.8 Å². The Hall–Kier alpha value is -1.66. The normalized spacial score (nSPS) is 11.8. The van der Waals surface area contributed by atoms with E-state index >= 15 is 0 Å². The van der Waals surface area contributed by atoms with Crippen molar-refractivity contribution in [2.45, 2.75) is 25.8 Å². The number of nitrogens with one attached hydrogen (secondary N) is 1. The van der Waals surface area contributed by atoms with Gasteiger partial charge in [-0.2, -0.15) is 0 Å². The fourth-order valence-corrected chi connectivity index (χ4v) is 2.51. The van der Waals surface area contributed by atoms with Gasteiger partial charge in [0.25, 0.3) is 0 Å². The van der Waals surface area contributed by atoms with Gasteiger partial charge in [0.05, 0.1) is 16.1 Å². The van der Waals surface area contributed by atoms with E-state index in [-0.39, 0.29) is 11.6 Å². The van der Waals surface area contributed by atoms with Crippen molar-refractivity contribution in [1.82, 2.24) is 10.2 Å². The van der Waals surface area contributed by atoms with E-state index in [4.69, 9.17) is 28.9 Å². The zero-order valence-electron chi connectivity index (χ0n) is 12.2. The zero-order valence-corrected chi connectivity index (χ0v) is 13.7. The summed E-state index contributed by atoms with van der Waals surface area (Å²) >= 11 is 12.2. The number of amides is 3. The van der Waals surface area contributed by atoms with Crippen LogP contribution in [0.2, 0.25) is 10.0 Å². The van der Waals surface area contributed by atoms with Gasteiger partial charge >= 0.3 is 12.1 Å². The molecule has 1 rings (SSSR count). The van der Waals surface area contributed by atoms with E-state index in [1.807, 2.05) is 6.92 Å². The molecule has 22 heavy (non-hydrogen) atoms. The maximum Gasteiger partial charge on any atom is 0.407 e. The monoisotopic (exact) mass is 347 g/mol. The van der Waals surface area contributed by atoms with Crippen LogP contribution in [0.3, 0.4) is 0 Å². The van der Waals surface area contributed by atoms with Crippen LogP contribution in [0.1, 0.15) is 31.4 Å². The second-order valence-electron chi connectivity index (χ2n) is 4.73. The van der Waals surface area contributed by atoms with Gasteiger partial charge in [0.1, 0.15) is 0 Å². The first kappa shape index (κ1) is 18.4. The lowest BCUT2D eigenvalue weighted by molar-refractivity contribution is 0.122. The van der Waals surface area contributed by atoms with E-state index in [2.05, 4.69) is 5.32 Å². The Morgan fingerprint density at radius 2 is 2.09 bits per heavy atom. The van der Waals surface area contributed by atoms with Crippen LogP contribution < -0.4 is 11.1 Å². The number of carbonyl (C=O) groups excluding carboxylic acids is 1. The second-order valence-corrected chi connectivity index (χ2v) is 5.52. The Labute approximate surface area is 139 Å². The molecule has 3 amide bonds. The minimum absolute atomic E-state index is 0.0193. The predicted octanol–water partition coefficient (Wildman–Crippen LogP) is 3.48. The van der Waals surface area contributed by atoms with Crippen LogP contribution in [-0.4, -0.2) is 35.2 Å². The Balaban J connectivity index is 3.17. The summed E-state index contributed by atoms with van der Waals surface area (Å²) in [5, 5.41) is 12.5. The Morgan fingerprint density at radius 1 is 1.41 bits per heavy atom. The summed E-state index contributed by atoms with van der Waals surface area (Å²) in [4.78, 5) is 23.8. The quantitative estimate of drug-likeness (QED) is 0.704. The molecule has 1 aromatic rings. The van der Waals surface area contributed by atoms with Crippen molar-refractivity contribution < 1.29 is 14.7 Å². The first-order valence-electron chi connectivity index (χ1n) is 6.85. The SMILES string of the molecule is CCCCN(C(=O)O)C(CNC(N)=O)c1cccc(Cl)c1Cl. The number of nitrogens with zero attached hydrogens (tertiary/aromatic N) is 1. The number of hydrogen-bond donors (Lipinski definition) is 3. The summed E-state index contributed by atoms with van der Waals surface area (Å²) in [6, 6.07) is 3.58. The number of nitrogens with two attached hydrogens (primary N) is 1. The fraction of sp³-hybridized carbons (Fsp3) is 0.429. The number of rotatable bonds is 7. The van der Waals surface area contributed by atoms with Crippen LogP contribution in [0.25, 0.3) is 0 Å². The van der Waals surface area contributed by atoms with E-state index < -0.39 is 18.2 Å². The molecule has 4 N–H and O–H groups in total. The van der Waals surface area contributed by atoms with Crippen molar-refractivity contribution in [3.8, 4) is 0 Å². The standard InChI is InChI=1S/C14H19Cl2N3O3/c1-2-3-7-19(14(21)22)11(8-18-13(17)20)9-5-4-6-10(15)12(9)16/h4-6,11H,2-3,7-8H2,1H3,(H,21,22)(H3,17,18,20). The zero-order chi connectivity index (χ0) is 16.7. The van der Waals surface area contributed by atoms with Crippen molar-refractivity contribution in [1.29, 1.82) is 0 Å². The minimum atomic E-state index is -1.10. The topological polar surface area (TPSA) is 95.7 Å². The van der Waals surface area contributed by atoms with E-state index in [9.17, 15) is 14.7 Å². The van der Waals surface area contributed by atoms with Gasteiger partial charge in [-0.15, -0.1) is 0 Å². The number of carbonyl (C=O) groups is 2. The van der Waals surface area contributed by atoms with Crippen molar-refractivity contribution in [2.24, 2.45) is 5.73 Å². The highest BCUT2D eigenvalue weighted by Crippen LogP contribution is 2.32. The van der Waals surface area contributed by atoms with Gasteiger partial charge in [-0.1, -0.05) is 48.7 Å². The van der Waals surface area contributed by atoms with Crippen molar-refractivity contribution in [2.75, 3.05) is 13.1 Å².